The molecule has 0 saturated carbocycles. The van der Waals surface area contributed by atoms with Gasteiger partial charge in [0, 0.05) is 23.2 Å². The Morgan fingerprint density at radius 1 is 1.07 bits per heavy atom. The topological polar surface area (TPSA) is 108 Å². The third kappa shape index (κ3) is 3.69. The first-order valence-corrected chi connectivity index (χ1v) is 9.14. The van der Waals surface area contributed by atoms with Crippen molar-refractivity contribution in [1.82, 2.24) is 4.98 Å². The highest BCUT2D eigenvalue weighted by Crippen LogP contribution is 2.34. The van der Waals surface area contributed by atoms with E-state index in [0.717, 1.165) is 5.39 Å². The van der Waals surface area contributed by atoms with Crippen LogP contribution in [0.25, 0.3) is 10.9 Å². The lowest BCUT2D eigenvalue weighted by Gasteiger charge is -2.13. The van der Waals surface area contributed by atoms with E-state index in [9.17, 15) is 9.59 Å². The van der Waals surface area contributed by atoms with E-state index in [2.05, 4.69) is 10.3 Å². The lowest BCUT2D eigenvalue weighted by Crippen LogP contribution is -2.30. The first-order chi connectivity index (χ1) is 14.5. The van der Waals surface area contributed by atoms with Crippen LogP contribution in [0, 0.1) is 0 Å². The quantitative estimate of drug-likeness (QED) is 0.599. The average molecular weight is 412 g/mol. The number of anilines is 1. The maximum Gasteiger partial charge on any atom is 0.355 e. The van der Waals surface area contributed by atoms with Gasteiger partial charge in [-0.1, -0.05) is 0 Å². The summed E-state index contributed by atoms with van der Waals surface area (Å²) in [5.74, 6) is 1.13. The molecule has 0 unspecified atom stereocenters. The standard InChI is InChI=1S/C21H20N2O7/c1-11(20(24)22-13-4-5-16-17(8-13)29-10-28-16)30-21(25)15-7-12-6-14(26-2)9-18(27-3)19(12)23-15/h4-9,11,23H,10H2,1-3H3,(H,22,24)/t11-/m1/s1. The van der Waals surface area contributed by atoms with Crippen LogP contribution in [0.4, 0.5) is 5.69 Å². The minimum atomic E-state index is -1.02. The van der Waals surface area contributed by atoms with Crippen molar-refractivity contribution in [1.29, 1.82) is 0 Å². The van der Waals surface area contributed by atoms with E-state index in [1.54, 1.807) is 43.5 Å². The molecular weight excluding hydrogens is 392 g/mol. The van der Waals surface area contributed by atoms with Gasteiger partial charge in [-0.15, -0.1) is 0 Å². The number of H-pyrrole nitrogens is 1. The molecule has 30 heavy (non-hydrogen) atoms. The summed E-state index contributed by atoms with van der Waals surface area (Å²) in [4.78, 5) is 27.9. The molecule has 3 aromatic rings. The molecule has 1 aromatic heterocycles. The highest BCUT2D eigenvalue weighted by molar-refractivity contribution is 6.00. The van der Waals surface area contributed by atoms with Crippen molar-refractivity contribution in [3.63, 3.8) is 0 Å². The van der Waals surface area contributed by atoms with Crippen LogP contribution in [0.2, 0.25) is 0 Å². The van der Waals surface area contributed by atoms with Gasteiger partial charge >= 0.3 is 5.97 Å². The lowest BCUT2D eigenvalue weighted by atomic mass is 10.2. The molecule has 2 N–H and O–H groups in total. The number of benzene rings is 2. The molecule has 1 aliphatic heterocycles. The number of carbonyl (C=O) groups is 2. The van der Waals surface area contributed by atoms with E-state index in [4.69, 9.17) is 23.7 Å². The Hall–Kier alpha value is -3.88. The smallest absolute Gasteiger partial charge is 0.355 e. The Labute approximate surface area is 171 Å². The molecule has 0 fully saturated rings. The van der Waals surface area contributed by atoms with Gasteiger partial charge in [0.1, 0.15) is 17.2 Å². The molecule has 156 valence electrons. The van der Waals surface area contributed by atoms with E-state index in [1.807, 2.05) is 0 Å². The van der Waals surface area contributed by atoms with Crippen molar-refractivity contribution >= 4 is 28.5 Å². The molecule has 0 saturated heterocycles. The summed E-state index contributed by atoms with van der Waals surface area (Å²) in [6, 6.07) is 10.1. The molecule has 1 atom stereocenters. The number of fused-ring (bicyclic) bond motifs is 2. The number of nitrogens with one attached hydrogen (secondary N) is 2. The predicted octanol–water partition coefficient (Wildman–Crippen LogP) is 3.10. The Morgan fingerprint density at radius 2 is 1.87 bits per heavy atom. The number of aromatic nitrogens is 1. The van der Waals surface area contributed by atoms with E-state index in [1.165, 1.54) is 14.0 Å². The van der Waals surface area contributed by atoms with Gasteiger partial charge in [-0.2, -0.15) is 0 Å². The molecule has 4 rings (SSSR count). The Morgan fingerprint density at radius 3 is 2.63 bits per heavy atom. The van der Waals surface area contributed by atoms with Gasteiger partial charge in [0.2, 0.25) is 6.79 Å². The summed E-state index contributed by atoms with van der Waals surface area (Å²) >= 11 is 0. The van der Waals surface area contributed by atoms with Crippen LogP contribution in [-0.2, 0) is 9.53 Å². The van der Waals surface area contributed by atoms with Crippen LogP contribution < -0.4 is 24.3 Å². The van der Waals surface area contributed by atoms with Crippen molar-refractivity contribution in [2.75, 3.05) is 26.3 Å². The molecule has 0 spiro atoms. The first-order valence-electron chi connectivity index (χ1n) is 9.14. The summed E-state index contributed by atoms with van der Waals surface area (Å²) in [6.45, 7) is 1.63. The Balaban J connectivity index is 1.45. The van der Waals surface area contributed by atoms with Crippen molar-refractivity contribution in [3.8, 4) is 23.0 Å². The number of aromatic amines is 1. The van der Waals surface area contributed by atoms with Crippen LogP contribution in [-0.4, -0.2) is 44.0 Å². The molecule has 9 nitrogen and oxygen atoms in total. The van der Waals surface area contributed by atoms with Gasteiger partial charge < -0.3 is 34.0 Å². The molecule has 2 aromatic carbocycles. The predicted molar refractivity (Wildman–Crippen MR) is 107 cm³/mol. The fourth-order valence-electron chi connectivity index (χ4n) is 3.07. The number of hydrogen-bond acceptors (Lipinski definition) is 7. The molecule has 0 aliphatic carbocycles. The molecular formula is C21H20N2O7. The number of esters is 1. The fourth-order valence-corrected chi connectivity index (χ4v) is 3.07. The van der Waals surface area contributed by atoms with Gasteiger partial charge in [-0.3, -0.25) is 4.79 Å². The second kappa shape index (κ2) is 7.86. The summed E-state index contributed by atoms with van der Waals surface area (Å²) in [6.07, 6.45) is -1.02. The van der Waals surface area contributed by atoms with Crippen molar-refractivity contribution in [2.24, 2.45) is 0 Å². The van der Waals surface area contributed by atoms with Crippen LogP contribution in [0.3, 0.4) is 0 Å². The van der Waals surface area contributed by atoms with E-state index < -0.39 is 18.0 Å². The monoisotopic (exact) mass is 412 g/mol. The van der Waals surface area contributed by atoms with Gasteiger partial charge in [-0.05, 0) is 31.2 Å². The van der Waals surface area contributed by atoms with Crippen LogP contribution in [0.1, 0.15) is 17.4 Å². The number of hydrogen-bond donors (Lipinski definition) is 2. The largest absolute Gasteiger partial charge is 0.497 e. The van der Waals surface area contributed by atoms with Crippen LogP contribution >= 0.6 is 0 Å². The molecule has 1 amide bonds. The summed E-state index contributed by atoms with van der Waals surface area (Å²) in [5, 5.41) is 3.41. The SMILES string of the molecule is COc1cc(OC)c2[nH]c(C(=O)O[C@H](C)C(=O)Nc3ccc4c(c3)OCO4)cc2c1. The number of rotatable bonds is 6. The number of methoxy groups -OCH3 is 2. The van der Waals surface area contributed by atoms with Gasteiger partial charge in [0.05, 0.1) is 19.7 Å². The summed E-state index contributed by atoms with van der Waals surface area (Å²) in [5.41, 5.74) is 1.33. The molecule has 0 bridgehead atoms. The highest BCUT2D eigenvalue weighted by atomic mass is 16.7. The Bertz CT molecular complexity index is 1120. The zero-order chi connectivity index (χ0) is 21.3. The fraction of sp³-hybridized carbons (Fsp3) is 0.238. The van der Waals surface area contributed by atoms with Gasteiger partial charge in [-0.25, -0.2) is 4.79 Å². The van der Waals surface area contributed by atoms with E-state index >= 15 is 0 Å². The van der Waals surface area contributed by atoms with Crippen molar-refractivity contribution < 1.29 is 33.3 Å². The van der Waals surface area contributed by atoms with Gasteiger partial charge in [0.25, 0.3) is 5.91 Å². The highest BCUT2D eigenvalue weighted by Gasteiger charge is 2.22. The average Bonchev–Trinajstić information content (AvgIpc) is 3.39. The van der Waals surface area contributed by atoms with E-state index in [0.29, 0.717) is 34.2 Å². The normalized spacial score (nSPS) is 13.0. The maximum atomic E-state index is 12.5. The minimum absolute atomic E-state index is 0.141. The first kappa shape index (κ1) is 19.4. The second-order valence-corrected chi connectivity index (χ2v) is 6.58. The third-order valence-corrected chi connectivity index (χ3v) is 4.63. The van der Waals surface area contributed by atoms with Gasteiger partial charge in [0.15, 0.2) is 17.6 Å². The van der Waals surface area contributed by atoms with Crippen molar-refractivity contribution in [2.45, 2.75) is 13.0 Å². The Kier molecular flexibility index (Phi) is 5.09. The van der Waals surface area contributed by atoms with Crippen molar-refractivity contribution in [3.05, 3.63) is 42.1 Å². The summed E-state index contributed by atoms with van der Waals surface area (Å²) in [7, 11) is 3.07. The third-order valence-electron chi connectivity index (χ3n) is 4.63. The zero-order valence-electron chi connectivity index (χ0n) is 16.6. The molecule has 1 aliphatic rings. The molecule has 2 heterocycles. The second-order valence-electron chi connectivity index (χ2n) is 6.58. The molecule has 0 radical (unpaired) electrons. The van der Waals surface area contributed by atoms with Crippen LogP contribution in [0.5, 0.6) is 23.0 Å². The number of ether oxygens (including phenoxy) is 5. The summed E-state index contributed by atoms with van der Waals surface area (Å²) < 4.78 is 26.4. The number of carbonyl (C=O) groups excluding carboxylic acids is 2. The number of amides is 1. The lowest BCUT2D eigenvalue weighted by molar-refractivity contribution is -0.123. The minimum Gasteiger partial charge on any atom is -0.497 e. The maximum absolute atomic E-state index is 12.5. The zero-order valence-corrected chi connectivity index (χ0v) is 16.6. The van der Waals surface area contributed by atoms with Crippen LogP contribution in [0.15, 0.2) is 36.4 Å². The van der Waals surface area contributed by atoms with E-state index in [-0.39, 0.29) is 12.5 Å². The molecule has 9 heteroatoms.